The molecule has 4 aromatic rings. The third kappa shape index (κ3) is 2.64. The van der Waals surface area contributed by atoms with Crippen LogP contribution in [-0.2, 0) is 5.41 Å². The summed E-state index contributed by atoms with van der Waals surface area (Å²) >= 11 is 0. The molecule has 0 unspecified atom stereocenters. The average Bonchev–Trinajstić information content (AvgIpc) is 3.67. The minimum atomic E-state index is -0.0836. The summed E-state index contributed by atoms with van der Waals surface area (Å²) in [7, 11) is 0. The fourth-order valence-electron chi connectivity index (χ4n) is 4.13. The van der Waals surface area contributed by atoms with Gasteiger partial charge in [0.25, 0.3) is 0 Å². The van der Waals surface area contributed by atoms with Crippen molar-refractivity contribution in [3.63, 3.8) is 0 Å². The number of hydrogen-bond donors (Lipinski definition) is 0. The summed E-state index contributed by atoms with van der Waals surface area (Å²) < 4.78 is 11.1. The minimum absolute atomic E-state index is 0.0836. The van der Waals surface area contributed by atoms with Gasteiger partial charge in [0.15, 0.2) is 23.0 Å². The van der Waals surface area contributed by atoms with E-state index >= 15 is 0 Å². The smallest absolute Gasteiger partial charge is 0.177 e. The first-order valence-electron chi connectivity index (χ1n) is 9.95. The summed E-state index contributed by atoms with van der Waals surface area (Å²) in [6.45, 7) is 4.55. The minimum Gasteiger partial charge on any atom is -0.449 e. The summed E-state index contributed by atoms with van der Waals surface area (Å²) in [6, 6.07) is 30.0. The SMILES string of the molecule is CC(C)(c1ccc(-c2cccc3c2O3)cc1)c1ccc(-c2cccc3c2O3)cc1. The van der Waals surface area contributed by atoms with Crippen molar-refractivity contribution in [2.24, 2.45) is 0 Å². The van der Waals surface area contributed by atoms with Crippen LogP contribution >= 0.6 is 0 Å². The first-order valence-corrected chi connectivity index (χ1v) is 9.95. The molecule has 0 amide bonds. The van der Waals surface area contributed by atoms with E-state index in [4.69, 9.17) is 9.47 Å². The number of benzene rings is 4. The van der Waals surface area contributed by atoms with Crippen molar-refractivity contribution in [3.8, 4) is 45.3 Å². The van der Waals surface area contributed by atoms with Gasteiger partial charge in [-0.05, 0) is 34.4 Å². The molecule has 0 fully saturated rings. The van der Waals surface area contributed by atoms with E-state index in [2.05, 4.69) is 74.5 Å². The number of para-hydroxylation sites is 2. The number of fused-ring (bicyclic) bond motifs is 2. The van der Waals surface area contributed by atoms with Gasteiger partial charge in [0.1, 0.15) is 0 Å². The molecule has 2 heteroatoms. The van der Waals surface area contributed by atoms with Crippen LogP contribution in [0.4, 0.5) is 0 Å². The van der Waals surface area contributed by atoms with Crippen molar-refractivity contribution in [1.29, 1.82) is 0 Å². The van der Waals surface area contributed by atoms with Gasteiger partial charge in [-0.2, -0.15) is 0 Å². The van der Waals surface area contributed by atoms with Gasteiger partial charge in [-0.15, -0.1) is 0 Å². The predicted molar refractivity (Wildman–Crippen MR) is 116 cm³/mol. The fraction of sp³-hybridized carbons (Fsp3) is 0.111. The van der Waals surface area contributed by atoms with Crippen molar-refractivity contribution in [1.82, 2.24) is 0 Å². The molecular formula is C27H20O2. The highest BCUT2D eigenvalue weighted by molar-refractivity contribution is 5.80. The van der Waals surface area contributed by atoms with Gasteiger partial charge in [-0.25, -0.2) is 0 Å². The number of rotatable bonds is 4. The average molecular weight is 376 g/mol. The standard InChI is InChI=1S/C27H20O2/c1-27(2,19-13-9-17(10-14-19)21-5-3-7-23-25(21)28-23)20-15-11-18(12-16-20)22-6-4-8-24-26(22)29-24/h3-16H,1-2H3. The Bertz CT molecular complexity index is 1150. The second-order valence-corrected chi connectivity index (χ2v) is 8.25. The van der Waals surface area contributed by atoms with E-state index < -0.39 is 0 Å². The van der Waals surface area contributed by atoms with Crippen LogP contribution in [0.25, 0.3) is 22.3 Å². The molecule has 4 aromatic carbocycles. The molecule has 0 atom stereocenters. The zero-order chi connectivity index (χ0) is 19.6. The Labute approximate surface area is 170 Å². The van der Waals surface area contributed by atoms with Crippen molar-refractivity contribution in [2.45, 2.75) is 19.3 Å². The molecule has 29 heavy (non-hydrogen) atoms. The third-order valence-electron chi connectivity index (χ3n) is 6.13. The Hall–Kier alpha value is -3.52. The second-order valence-electron chi connectivity index (χ2n) is 8.25. The molecule has 2 aliphatic rings. The van der Waals surface area contributed by atoms with Gasteiger partial charge in [-0.3, -0.25) is 0 Å². The maximum Gasteiger partial charge on any atom is 0.177 e. The van der Waals surface area contributed by atoms with Crippen molar-refractivity contribution in [2.75, 3.05) is 0 Å². The fourth-order valence-corrected chi connectivity index (χ4v) is 4.13. The Balaban J connectivity index is 1.30. The van der Waals surface area contributed by atoms with Gasteiger partial charge in [0.2, 0.25) is 0 Å². The first kappa shape index (κ1) is 16.4. The van der Waals surface area contributed by atoms with Crippen molar-refractivity contribution >= 4 is 0 Å². The Morgan fingerprint density at radius 2 is 0.931 bits per heavy atom. The van der Waals surface area contributed by atoms with Crippen molar-refractivity contribution in [3.05, 3.63) is 96.1 Å². The lowest BCUT2D eigenvalue weighted by Crippen LogP contribution is -2.18. The Morgan fingerprint density at radius 1 is 0.517 bits per heavy atom. The van der Waals surface area contributed by atoms with Crippen LogP contribution < -0.4 is 9.47 Å². The molecule has 6 rings (SSSR count). The van der Waals surface area contributed by atoms with Crippen LogP contribution in [0.3, 0.4) is 0 Å². The van der Waals surface area contributed by atoms with Crippen LogP contribution in [0, 0.1) is 0 Å². The quantitative estimate of drug-likeness (QED) is 0.297. The maximum atomic E-state index is 5.54. The molecule has 140 valence electrons. The first-order chi connectivity index (χ1) is 14.1. The summed E-state index contributed by atoms with van der Waals surface area (Å²) in [4.78, 5) is 0. The molecule has 0 bridgehead atoms. The monoisotopic (exact) mass is 376 g/mol. The van der Waals surface area contributed by atoms with E-state index in [9.17, 15) is 0 Å². The third-order valence-corrected chi connectivity index (χ3v) is 6.13. The summed E-state index contributed by atoms with van der Waals surface area (Å²) in [6.07, 6.45) is 0. The number of ether oxygens (including phenoxy) is 2. The molecule has 0 aromatic heterocycles. The molecule has 0 saturated carbocycles. The molecule has 0 saturated heterocycles. The van der Waals surface area contributed by atoms with Crippen LogP contribution in [0.1, 0.15) is 25.0 Å². The van der Waals surface area contributed by atoms with E-state index in [1.165, 1.54) is 33.4 Å². The van der Waals surface area contributed by atoms with Gasteiger partial charge in [0, 0.05) is 16.5 Å². The second kappa shape index (κ2) is 5.74. The summed E-state index contributed by atoms with van der Waals surface area (Å²) in [5, 5.41) is 0. The van der Waals surface area contributed by atoms with Crippen molar-refractivity contribution < 1.29 is 9.47 Å². The Morgan fingerprint density at radius 3 is 1.34 bits per heavy atom. The number of hydrogen-bond acceptors (Lipinski definition) is 2. The molecule has 2 aliphatic heterocycles. The van der Waals surface area contributed by atoms with Crippen LogP contribution in [0.5, 0.6) is 23.0 Å². The summed E-state index contributed by atoms with van der Waals surface area (Å²) in [5.74, 6) is 4.02. The molecule has 0 N–H and O–H groups in total. The molecule has 2 heterocycles. The van der Waals surface area contributed by atoms with E-state index in [0.29, 0.717) is 0 Å². The molecular weight excluding hydrogens is 356 g/mol. The molecule has 0 spiro atoms. The van der Waals surface area contributed by atoms with Gasteiger partial charge in [-0.1, -0.05) is 86.6 Å². The van der Waals surface area contributed by atoms with E-state index in [0.717, 1.165) is 23.0 Å². The van der Waals surface area contributed by atoms with Gasteiger partial charge < -0.3 is 9.47 Å². The lowest BCUT2D eigenvalue weighted by Gasteiger charge is -2.26. The molecule has 0 radical (unpaired) electrons. The van der Waals surface area contributed by atoms with Gasteiger partial charge >= 0.3 is 0 Å². The highest BCUT2D eigenvalue weighted by Gasteiger charge is 2.27. The zero-order valence-corrected chi connectivity index (χ0v) is 16.4. The Kier molecular flexibility index (Phi) is 3.25. The van der Waals surface area contributed by atoms with E-state index in [1.54, 1.807) is 0 Å². The van der Waals surface area contributed by atoms with Crippen LogP contribution in [0.15, 0.2) is 84.9 Å². The van der Waals surface area contributed by atoms with Crippen LogP contribution in [0.2, 0.25) is 0 Å². The normalized spacial score (nSPS) is 13.0. The molecule has 2 nitrogen and oxygen atoms in total. The van der Waals surface area contributed by atoms with E-state index in [1.807, 2.05) is 24.3 Å². The molecule has 0 aliphatic carbocycles. The largest absolute Gasteiger partial charge is 0.449 e. The maximum absolute atomic E-state index is 5.54. The lowest BCUT2D eigenvalue weighted by molar-refractivity contribution is 0.641. The lowest BCUT2D eigenvalue weighted by atomic mass is 9.77. The van der Waals surface area contributed by atoms with E-state index in [-0.39, 0.29) is 5.41 Å². The topological polar surface area (TPSA) is 25.1 Å². The summed E-state index contributed by atoms with van der Waals surface area (Å²) in [5.41, 5.74) is 7.23. The van der Waals surface area contributed by atoms with Crippen LogP contribution in [-0.4, -0.2) is 0 Å². The predicted octanol–water partition coefficient (Wildman–Crippen LogP) is 7.56. The zero-order valence-electron chi connectivity index (χ0n) is 16.4. The highest BCUT2D eigenvalue weighted by Crippen LogP contribution is 2.53. The van der Waals surface area contributed by atoms with Gasteiger partial charge in [0.05, 0.1) is 0 Å². The highest BCUT2D eigenvalue weighted by atomic mass is 16.6.